The van der Waals surface area contributed by atoms with Gasteiger partial charge >= 0.3 is 6.01 Å². The van der Waals surface area contributed by atoms with Crippen LogP contribution in [0.4, 0.5) is 23.4 Å². The standard InChI is InChI=1S/C36H40F4N4O3/c1-4-25-28(38)9-8-22-13-24(47-20-45-3)14-26(30(22)25)31-29(39)15-27-33(32(31)40)41-35(42-34(27)43-11-5-7-21(2)17-43)46-19-36-10-6-12-44(36)18-23(37)16-36/h8-9,13-15,21,23H,4-7,10-12,16-20H2,1-3H3/t21-,23-,36+/m1/s1. The molecule has 3 atom stereocenters. The maximum atomic E-state index is 17.1. The van der Waals surface area contributed by atoms with Crippen LogP contribution in [-0.2, 0) is 11.2 Å². The van der Waals surface area contributed by atoms with Crippen LogP contribution in [0.15, 0.2) is 30.3 Å². The van der Waals surface area contributed by atoms with Crippen molar-refractivity contribution in [3.8, 4) is 22.9 Å². The van der Waals surface area contributed by atoms with Gasteiger partial charge in [-0.3, -0.25) is 4.90 Å². The van der Waals surface area contributed by atoms with E-state index in [0.717, 1.165) is 32.2 Å². The zero-order valence-electron chi connectivity index (χ0n) is 27.1. The van der Waals surface area contributed by atoms with Crippen molar-refractivity contribution >= 4 is 27.5 Å². The summed E-state index contributed by atoms with van der Waals surface area (Å²) in [6, 6.07) is 7.38. The van der Waals surface area contributed by atoms with Crippen LogP contribution in [0, 0.1) is 23.4 Å². The molecule has 4 aromatic rings. The Labute approximate surface area is 271 Å². The molecule has 47 heavy (non-hydrogen) atoms. The summed E-state index contributed by atoms with van der Waals surface area (Å²) in [7, 11) is 1.47. The summed E-state index contributed by atoms with van der Waals surface area (Å²) in [4.78, 5) is 13.4. The lowest BCUT2D eigenvalue weighted by molar-refractivity contribution is 0.0512. The van der Waals surface area contributed by atoms with Crippen molar-refractivity contribution < 1.29 is 31.8 Å². The summed E-state index contributed by atoms with van der Waals surface area (Å²) in [6.45, 7) is 6.55. The van der Waals surface area contributed by atoms with Crippen molar-refractivity contribution in [3.05, 3.63) is 53.3 Å². The fourth-order valence-corrected chi connectivity index (χ4v) is 7.98. The number of hydrogen-bond acceptors (Lipinski definition) is 7. The fraction of sp³-hybridized carbons (Fsp3) is 0.500. The first-order chi connectivity index (χ1) is 22.7. The average Bonchev–Trinajstić information content (AvgIpc) is 3.58. The molecule has 0 spiro atoms. The van der Waals surface area contributed by atoms with Crippen LogP contribution < -0.4 is 14.4 Å². The van der Waals surface area contributed by atoms with Crippen LogP contribution in [0.25, 0.3) is 32.8 Å². The number of hydrogen-bond donors (Lipinski definition) is 0. The van der Waals surface area contributed by atoms with E-state index in [9.17, 15) is 4.39 Å². The highest BCUT2D eigenvalue weighted by Gasteiger charge is 2.49. The molecule has 3 aliphatic rings. The monoisotopic (exact) mass is 652 g/mol. The number of aryl methyl sites for hydroxylation is 1. The first-order valence-electron chi connectivity index (χ1n) is 16.5. The van der Waals surface area contributed by atoms with Crippen LogP contribution in [0.1, 0.15) is 51.5 Å². The lowest BCUT2D eigenvalue weighted by Gasteiger charge is -2.33. The van der Waals surface area contributed by atoms with E-state index in [1.165, 1.54) is 25.3 Å². The molecular weight excluding hydrogens is 612 g/mol. The van der Waals surface area contributed by atoms with Gasteiger partial charge in [-0.05, 0) is 90.7 Å². The van der Waals surface area contributed by atoms with Gasteiger partial charge in [0, 0.05) is 38.6 Å². The summed E-state index contributed by atoms with van der Waals surface area (Å²) < 4.78 is 80.1. The highest BCUT2D eigenvalue weighted by molar-refractivity contribution is 6.03. The Bertz CT molecular complexity index is 1820. The molecule has 0 N–H and O–H groups in total. The van der Waals surface area contributed by atoms with Crippen LogP contribution in [-0.4, -0.2) is 73.3 Å². The summed E-state index contributed by atoms with van der Waals surface area (Å²) in [5.74, 6) is -1.10. The van der Waals surface area contributed by atoms with Gasteiger partial charge in [-0.15, -0.1) is 0 Å². The van der Waals surface area contributed by atoms with Crippen molar-refractivity contribution in [2.75, 3.05) is 51.6 Å². The molecule has 0 amide bonds. The Morgan fingerprint density at radius 3 is 2.64 bits per heavy atom. The fourth-order valence-electron chi connectivity index (χ4n) is 7.98. The summed E-state index contributed by atoms with van der Waals surface area (Å²) >= 11 is 0. The predicted molar refractivity (Wildman–Crippen MR) is 173 cm³/mol. The minimum atomic E-state index is -0.930. The zero-order valence-corrected chi connectivity index (χ0v) is 27.1. The number of aromatic nitrogens is 2. The topological polar surface area (TPSA) is 60.0 Å². The lowest BCUT2D eigenvalue weighted by atomic mass is 9.91. The van der Waals surface area contributed by atoms with E-state index in [0.29, 0.717) is 66.3 Å². The molecule has 3 fully saturated rings. The normalized spacial score (nSPS) is 23.2. The summed E-state index contributed by atoms with van der Waals surface area (Å²) in [6.07, 6.45) is 3.45. The summed E-state index contributed by atoms with van der Waals surface area (Å²) in [5.41, 5.74) is -0.401. The number of piperidine rings is 1. The maximum absolute atomic E-state index is 17.1. The summed E-state index contributed by atoms with van der Waals surface area (Å²) in [5, 5.41) is 1.20. The minimum Gasteiger partial charge on any atom is -0.468 e. The van der Waals surface area contributed by atoms with Crippen molar-refractivity contribution in [2.45, 2.75) is 64.1 Å². The van der Waals surface area contributed by atoms with E-state index in [1.54, 1.807) is 19.1 Å². The number of benzene rings is 3. The van der Waals surface area contributed by atoms with Crippen LogP contribution in [0.5, 0.6) is 11.8 Å². The number of ether oxygens (including phenoxy) is 3. The van der Waals surface area contributed by atoms with Gasteiger partial charge in [0.1, 0.15) is 41.5 Å². The Morgan fingerprint density at radius 2 is 1.85 bits per heavy atom. The van der Waals surface area contributed by atoms with Crippen LogP contribution >= 0.6 is 0 Å². The molecular formula is C36H40F4N4O3. The molecule has 0 radical (unpaired) electrons. The molecule has 11 heteroatoms. The third kappa shape index (κ3) is 5.75. The van der Waals surface area contributed by atoms with Gasteiger partial charge in [0.05, 0.1) is 11.1 Å². The average molecular weight is 653 g/mol. The Balaban J connectivity index is 1.41. The van der Waals surface area contributed by atoms with Gasteiger partial charge in [0.25, 0.3) is 0 Å². The molecule has 4 heterocycles. The number of halogens is 4. The van der Waals surface area contributed by atoms with Gasteiger partial charge in [-0.25, -0.2) is 17.6 Å². The Hall–Kier alpha value is -3.70. The molecule has 0 aliphatic carbocycles. The molecule has 250 valence electrons. The number of fused-ring (bicyclic) bond motifs is 3. The van der Waals surface area contributed by atoms with E-state index in [2.05, 4.69) is 16.8 Å². The van der Waals surface area contributed by atoms with Gasteiger partial charge < -0.3 is 19.1 Å². The number of anilines is 1. The van der Waals surface area contributed by atoms with E-state index in [-0.39, 0.29) is 41.4 Å². The van der Waals surface area contributed by atoms with Gasteiger partial charge in [0.15, 0.2) is 12.6 Å². The second kappa shape index (κ2) is 12.7. The number of methoxy groups -OCH3 is 1. The predicted octanol–water partition coefficient (Wildman–Crippen LogP) is 7.60. The van der Waals surface area contributed by atoms with E-state index < -0.39 is 29.2 Å². The molecule has 7 rings (SSSR count). The van der Waals surface area contributed by atoms with Gasteiger partial charge in [-0.2, -0.15) is 9.97 Å². The number of nitrogens with zero attached hydrogens (tertiary/aromatic N) is 4. The van der Waals surface area contributed by atoms with Crippen molar-refractivity contribution in [1.82, 2.24) is 14.9 Å². The zero-order chi connectivity index (χ0) is 32.9. The smallest absolute Gasteiger partial charge is 0.319 e. The largest absolute Gasteiger partial charge is 0.468 e. The minimum absolute atomic E-state index is 0.0342. The Kier molecular flexibility index (Phi) is 8.63. The Morgan fingerprint density at radius 1 is 1.00 bits per heavy atom. The molecule has 3 aromatic carbocycles. The molecule has 0 unspecified atom stereocenters. The second-order valence-corrected chi connectivity index (χ2v) is 13.3. The SMILES string of the molecule is CCc1c(F)ccc2cc(OCOC)cc(-c3c(F)cc4c(N5CCC[C@@H](C)C5)nc(OC[C@@]56CCCN5C[C@H](F)C6)nc4c3F)c12. The third-order valence-corrected chi connectivity index (χ3v) is 10.1. The molecule has 3 saturated heterocycles. The molecule has 3 aliphatic heterocycles. The maximum Gasteiger partial charge on any atom is 0.319 e. The van der Waals surface area contributed by atoms with E-state index in [1.807, 2.05) is 4.90 Å². The second-order valence-electron chi connectivity index (χ2n) is 13.3. The van der Waals surface area contributed by atoms with Gasteiger partial charge in [-0.1, -0.05) is 19.9 Å². The van der Waals surface area contributed by atoms with E-state index in [4.69, 9.17) is 19.2 Å². The van der Waals surface area contributed by atoms with Gasteiger partial charge in [0.2, 0.25) is 0 Å². The van der Waals surface area contributed by atoms with Crippen molar-refractivity contribution in [3.63, 3.8) is 0 Å². The molecule has 7 nitrogen and oxygen atoms in total. The quantitative estimate of drug-likeness (QED) is 0.136. The first-order valence-corrected chi connectivity index (χ1v) is 16.5. The lowest BCUT2D eigenvalue weighted by Crippen LogP contribution is -2.43. The molecule has 0 bridgehead atoms. The highest BCUT2D eigenvalue weighted by Crippen LogP contribution is 2.43. The van der Waals surface area contributed by atoms with Crippen molar-refractivity contribution in [1.29, 1.82) is 0 Å². The molecule has 1 aromatic heterocycles. The van der Waals surface area contributed by atoms with E-state index >= 15 is 13.2 Å². The first kappa shape index (κ1) is 31.9. The number of rotatable bonds is 9. The molecule has 0 saturated carbocycles. The van der Waals surface area contributed by atoms with Crippen LogP contribution in [0.2, 0.25) is 0 Å². The van der Waals surface area contributed by atoms with Crippen LogP contribution in [0.3, 0.4) is 0 Å². The highest BCUT2D eigenvalue weighted by atomic mass is 19.1. The number of alkyl halides is 1. The van der Waals surface area contributed by atoms with Crippen molar-refractivity contribution in [2.24, 2.45) is 5.92 Å². The third-order valence-electron chi connectivity index (χ3n) is 10.1.